The van der Waals surface area contributed by atoms with Crippen molar-refractivity contribution >= 4 is 18.3 Å². The van der Waals surface area contributed by atoms with E-state index in [-0.39, 0.29) is 12.2 Å². The smallest absolute Gasteiger partial charge is 0.410 e. The molecule has 6 heteroatoms. The van der Waals surface area contributed by atoms with Gasteiger partial charge < -0.3 is 20.1 Å². The number of ether oxygens (including phenoxy) is 2. The Balaban J connectivity index is 1.90. The van der Waals surface area contributed by atoms with Crippen LogP contribution in [0.3, 0.4) is 0 Å². The van der Waals surface area contributed by atoms with E-state index in [1.54, 1.807) is 17.0 Å². The van der Waals surface area contributed by atoms with Crippen molar-refractivity contribution < 1.29 is 19.1 Å². The summed E-state index contributed by atoms with van der Waals surface area (Å²) in [5, 5.41) is 0. The molecular formula is C23H32N2O4. The van der Waals surface area contributed by atoms with Crippen LogP contribution in [-0.4, -0.2) is 36.7 Å². The zero-order valence-electron chi connectivity index (χ0n) is 17.4. The number of hydrogen-bond donors (Lipinski definition) is 1. The summed E-state index contributed by atoms with van der Waals surface area (Å²) in [6, 6.07) is 5.31. The van der Waals surface area contributed by atoms with Crippen molar-refractivity contribution in [3.63, 3.8) is 0 Å². The molecule has 1 amide bonds. The molecule has 0 unspecified atom stereocenters. The predicted octanol–water partition coefficient (Wildman–Crippen LogP) is 4.64. The second-order valence-corrected chi connectivity index (χ2v) is 7.47. The Labute approximate surface area is 173 Å². The molecule has 1 aromatic rings. The number of amides is 1. The second kappa shape index (κ2) is 11.9. The van der Waals surface area contributed by atoms with Crippen LogP contribution < -0.4 is 10.5 Å². The number of carbonyl (C=O) groups is 2. The highest BCUT2D eigenvalue weighted by molar-refractivity contribution is 5.67. The minimum atomic E-state index is -0.295. The van der Waals surface area contributed by atoms with E-state index >= 15 is 0 Å². The Kier molecular flexibility index (Phi) is 9.28. The van der Waals surface area contributed by atoms with Crippen LogP contribution in [0.4, 0.5) is 10.5 Å². The third-order valence-corrected chi connectivity index (χ3v) is 4.73. The normalized spacial score (nSPS) is 13.1. The highest BCUT2D eigenvalue weighted by Gasteiger charge is 2.16. The highest BCUT2D eigenvalue weighted by Crippen LogP contribution is 2.23. The van der Waals surface area contributed by atoms with Crippen molar-refractivity contribution in [3.05, 3.63) is 47.6 Å². The maximum absolute atomic E-state index is 12.5. The lowest BCUT2D eigenvalue weighted by Crippen LogP contribution is -2.35. The molecule has 0 atom stereocenters. The average molecular weight is 401 g/mol. The Morgan fingerprint density at radius 2 is 2.03 bits per heavy atom. The largest absolute Gasteiger partial charge is 0.447 e. The van der Waals surface area contributed by atoms with Gasteiger partial charge in [0.15, 0.2) is 5.75 Å². The zero-order chi connectivity index (χ0) is 21.1. The monoisotopic (exact) mass is 400 g/mol. The fourth-order valence-corrected chi connectivity index (χ4v) is 3.21. The minimum absolute atomic E-state index is 0.161. The van der Waals surface area contributed by atoms with Gasteiger partial charge in [-0.05, 0) is 70.1 Å². The molecule has 2 N–H and O–H groups in total. The Bertz CT molecular complexity index is 740. The summed E-state index contributed by atoms with van der Waals surface area (Å²) in [6.45, 7) is 5.23. The molecule has 29 heavy (non-hydrogen) atoms. The first kappa shape index (κ1) is 22.5. The van der Waals surface area contributed by atoms with E-state index in [9.17, 15) is 9.59 Å². The first-order valence-corrected chi connectivity index (χ1v) is 10.3. The molecule has 0 heterocycles. The Hall–Kier alpha value is -2.76. The summed E-state index contributed by atoms with van der Waals surface area (Å²) in [5.41, 5.74) is 8.53. The molecule has 0 saturated heterocycles. The second-order valence-electron chi connectivity index (χ2n) is 7.47. The summed E-state index contributed by atoms with van der Waals surface area (Å²) in [7, 11) is 0. The number of benzene rings is 1. The summed E-state index contributed by atoms with van der Waals surface area (Å²) < 4.78 is 10.3. The number of nitrogens with two attached hydrogens (primary N) is 1. The fraction of sp³-hybridized carbons (Fsp3) is 0.478. The van der Waals surface area contributed by atoms with E-state index in [2.05, 4.69) is 18.2 Å². The van der Waals surface area contributed by atoms with E-state index in [1.807, 2.05) is 19.9 Å². The third-order valence-electron chi connectivity index (χ3n) is 4.73. The van der Waals surface area contributed by atoms with Crippen LogP contribution in [0.15, 0.2) is 42.0 Å². The van der Waals surface area contributed by atoms with E-state index < -0.39 is 0 Å². The predicted molar refractivity (Wildman–Crippen MR) is 115 cm³/mol. The standard InChI is InChI=1S/C23H32N2O4/c1-18(2)29-23(27)25(14-7-6-10-19-8-4-3-5-9-19)15-13-20-11-12-21(24)22(16-20)28-17-26/h4,8-9,11-12,16-18H,3,5-7,10,13-15,24H2,1-2H3. The fourth-order valence-electron chi connectivity index (χ4n) is 3.21. The molecule has 0 radical (unpaired) electrons. The van der Waals surface area contributed by atoms with E-state index in [0.717, 1.165) is 37.7 Å². The molecular weight excluding hydrogens is 368 g/mol. The minimum Gasteiger partial charge on any atom is -0.447 e. The van der Waals surface area contributed by atoms with Crippen LogP contribution in [0.2, 0.25) is 0 Å². The van der Waals surface area contributed by atoms with Crippen LogP contribution in [0.25, 0.3) is 0 Å². The van der Waals surface area contributed by atoms with Crippen LogP contribution in [0.5, 0.6) is 5.75 Å². The molecule has 0 saturated carbocycles. The number of carbonyl (C=O) groups excluding carboxylic acids is 2. The van der Waals surface area contributed by atoms with Crippen molar-refractivity contribution in [1.29, 1.82) is 0 Å². The molecule has 1 aromatic carbocycles. The number of anilines is 1. The summed E-state index contributed by atoms with van der Waals surface area (Å²) in [5.74, 6) is 0.336. The van der Waals surface area contributed by atoms with Crippen molar-refractivity contribution in [1.82, 2.24) is 4.90 Å². The molecule has 2 rings (SSSR count). The van der Waals surface area contributed by atoms with Gasteiger partial charge in [-0.1, -0.05) is 29.9 Å². The highest BCUT2D eigenvalue weighted by atomic mass is 16.6. The van der Waals surface area contributed by atoms with Gasteiger partial charge in [0.05, 0.1) is 11.8 Å². The lowest BCUT2D eigenvalue weighted by molar-refractivity contribution is -0.120. The number of nitrogens with zero attached hydrogens (tertiary/aromatic N) is 1. The van der Waals surface area contributed by atoms with Gasteiger partial charge >= 0.3 is 6.09 Å². The first-order chi connectivity index (χ1) is 14.0. The van der Waals surface area contributed by atoms with E-state index in [1.165, 1.54) is 5.57 Å². The van der Waals surface area contributed by atoms with Crippen molar-refractivity contribution in [2.24, 2.45) is 0 Å². The quantitative estimate of drug-likeness (QED) is 0.332. The molecule has 0 aliphatic heterocycles. The van der Waals surface area contributed by atoms with Gasteiger partial charge in [0, 0.05) is 13.1 Å². The van der Waals surface area contributed by atoms with Gasteiger partial charge in [-0.25, -0.2) is 4.79 Å². The molecule has 0 aromatic heterocycles. The first-order valence-electron chi connectivity index (χ1n) is 10.3. The molecule has 0 spiro atoms. The SMILES string of the molecule is CC(C)OC(=O)N(CCCCC1=CCCC=C1)CCc1ccc(N)c(OC=O)c1. The van der Waals surface area contributed by atoms with E-state index in [0.29, 0.717) is 37.4 Å². The third kappa shape index (κ3) is 8.02. The molecule has 1 aliphatic rings. The van der Waals surface area contributed by atoms with Crippen LogP contribution in [-0.2, 0) is 16.0 Å². The van der Waals surface area contributed by atoms with Gasteiger partial charge in [-0.15, -0.1) is 0 Å². The topological polar surface area (TPSA) is 81.9 Å². The Morgan fingerprint density at radius 3 is 2.72 bits per heavy atom. The maximum Gasteiger partial charge on any atom is 0.410 e. The summed E-state index contributed by atoms with van der Waals surface area (Å²) >= 11 is 0. The molecule has 0 fully saturated rings. The number of unbranched alkanes of at least 4 members (excludes halogenated alkanes) is 1. The van der Waals surface area contributed by atoms with Gasteiger partial charge in [0.1, 0.15) is 0 Å². The number of rotatable bonds is 11. The van der Waals surface area contributed by atoms with Gasteiger partial charge in [-0.2, -0.15) is 0 Å². The number of allylic oxidation sites excluding steroid dienone is 4. The maximum atomic E-state index is 12.5. The Morgan fingerprint density at radius 1 is 1.21 bits per heavy atom. The summed E-state index contributed by atoms with van der Waals surface area (Å²) in [4.78, 5) is 24.8. The zero-order valence-corrected chi connectivity index (χ0v) is 17.4. The van der Waals surface area contributed by atoms with Crippen molar-refractivity contribution in [2.75, 3.05) is 18.8 Å². The van der Waals surface area contributed by atoms with Crippen molar-refractivity contribution in [3.8, 4) is 5.75 Å². The van der Waals surface area contributed by atoms with Gasteiger partial charge in [-0.3, -0.25) is 4.79 Å². The lowest BCUT2D eigenvalue weighted by atomic mass is 10.0. The molecule has 0 bridgehead atoms. The number of nitrogen functional groups attached to an aromatic ring is 1. The van der Waals surface area contributed by atoms with Crippen LogP contribution in [0.1, 0.15) is 51.5 Å². The number of hydrogen-bond acceptors (Lipinski definition) is 5. The lowest BCUT2D eigenvalue weighted by Gasteiger charge is -2.23. The molecule has 1 aliphatic carbocycles. The van der Waals surface area contributed by atoms with Crippen LogP contribution in [0, 0.1) is 0 Å². The molecule has 6 nitrogen and oxygen atoms in total. The van der Waals surface area contributed by atoms with E-state index in [4.69, 9.17) is 15.2 Å². The summed E-state index contributed by atoms with van der Waals surface area (Å²) in [6.07, 6.45) is 12.1. The van der Waals surface area contributed by atoms with Crippen molar-refractivity contribution in [2.45, 2.75) is 58.5 Å². The molecule has 158 valence electrons. The van der Waals surface area contributed by atoms with Gasteiger partial charge in [0.2, 0.25) is 0 Å². The van der Waals surface area contributed by atoms with Crippen LogP contribution >= 0.6 is 0 Å². The average Bonchev–Trinajstić information content (AvgIpc) is 2.70. The van der Waals surface area contributed by atoms with Gasteiger partial charge in [0.25, 0.3) is 6.47 Å².